The molecule has 27 heteroatoms. The second kappa shape index (κ2) is 36.4. The average molecular weight is 1580 g/mol. The number of benzene rings is 7. The summed E-state index contributed by atoms with van der Waals surface area (Å²) in [5, 5.41) is 10.7. The fourth-order valence-corrected chi connectivity index (χ4v) is 11.8. The number of carbonyl (C=O) groups is 5. The summed E-state index contributed by atoms with van der Waals surface area (Å²) >= 11 is 26.2. The minimum atomic E-state index is -3.96. The van der Waals surface area contributed by atoms with Crippen molar-refractivity contribution in [1.82, 2.24) is 9.80 Å². The van der Waals surface area contributed by atoms with Crippen molar-refractivity contribution in [3.8, 4) is 17.6 Å². The number of rotatable bonds is 17. The van der Waals surface area contributed by atoms with Gasteiger partial charge in [-0.1, -0.05) is 119 Å². The van der Waals surface area contributed by atoms with Crippen LogP contribution in [0.15, 0.2) is 131 Å². The first-order valence-electron chi connectivity index (χ1n) is 28.5. The summed E-state index contributed by atoms with van der Waals surface area (Å²) in [5.74, 6) is -0.697. The average Bonchev–Trinajstić information content (AvgIpc) is 0.769. The van der Waals surface area contributed by atoms with Crippen LogP contribution in [-0.2, 0) is 79.4 Å². The van der Waals surface area contributed by atoms with Crippen molar-refractivity contribution in [3.05, 3.63) is 235 Å². The molecule has 0 atom stereocenters. The normalized spacial score (nSPS) is 11.8. The van der Waals surface area contributed by atoms with Crippen molar-refractivity contribution in [3.63, 3.8) is 0 Å². The number of nitriles is 1. The van der Waals surface area contributed by atoms with E-state index in [-0.39, 0.29) is 86.3 Å². The number of ether oxygens (including phenoxy) is 4. The Morgan fingerprint density at radius 3 is 1.58 bits per heavy atom. The maximum Gasteiger partial charge on any atom is 0.422 e. The summed E-state index contributed by atoms with van der Waals surface area (Å²) in [4.78, 5) is 70.5. The molecule has 0 fully saturated rings. The molecule has 0 bridgehead atoms. The standard InChI is InChI=1S/C28H25Cl2N3O4.C28H27Cl2NO4.C8H8N4O3S.C2H3N.BH.U/c1-16-11-17(2)21(23(12-16)37-15-18-7-5-4-6-8-18)14-33-10-9-19-22(29)13-20(25(30)24(19)27(33)34)26(32-31)28(35)36-3;1-17-11-18(2)22(24(12-17)35-16-19-7-5-4-6-8-19)15-31-10-9-21-23(29)13-20(14-25(32)34-3)27(30)26(21)28(31)33;1-6(13)10-7-2-4-8(5-3-7)16(14,15)12-11-9;1-2-3;;/h4-8,11-13H,9-10,14-15H2,1-3H3;4-8,11-13H,9-10,14-16H2,1-3H3;2-5H,1H3,(H,10,13);1H3;1H;/i;;;;1D;. The Bertz CT molecular complexity index is 4180. The van der Waals surface area contributed by atoms with Crippen LogP contribution in [0.2, 0.25) is 20.1 Å². The number of methoxy groups -OCH3 is 2. The fraction of sp³-hybridized carbons (Fsp3) is 0.258. The number of nitrogens with zero attached hydrogens (tertiary/aromatic N) is 8. The summed E-state index contributed by atoms with van der Waals surface area (Å²) < 4.78 is 52.3. The van der Waals surface area contributed by atoms with Crippen LogP contribution in [-0.4, -0.2) is 95.4 Å². The fourth-order valence-electron chi connectivity index (χ4n) is 9.90. The van der Waals surface area contributed by atoms with Gasteiger partial charge in [0.25, 0.3) is 21.8 Å². The van der Waals surface area contributed by atoms with Crippen molar-refractivity contribution in [2.45, 2.75) is 92.0 Å². The van der Waals surface area contributed by atoms with Crippen molar-refractivity contribution in [2.75, 3.05) is 32.6 Å². The molecule has 480 valence electrons. The summed E-state index contributed by atoms with van der Waals surface area (Å²) in [6.07, 6.45) is 0.988. The molecule has 93 heavy (non-hydrogen) atoms. The SMILES string of the molecule is CC#N.CC(=O)Nc1ccc(S(=O)(=O)N=[N+]=[N-])cc1.COC(=O)C(=[N+]=[N-])c1cc(Cl)c2c(c1Cl)C(=O)N(Cc1c(C)cc(C)cc1OCc1ccccc1)CC2.COC(=O)Cc1cc(Cl)c2c(c1Cl)C(=O)N(Cc1c(C)cc(C)cc1OCc1ccccc1)CC2.[2H][B].[U]. The van der Waals surface area contributed by atoms with Gasteiger partial charge < -0.3 is 39.6 Å². The Labute approximate surface area is 587 Å². The van der Waals surface area contributed by atoms with Crippen LogP contribution in [0.4, 0.5) is 5.69 Å². The van der Waals surface area contributed by atoms with Crippen molar-refractivity contribution in [1.29, 1.82) is 6.60 Å². The van der Waals surface area contributed by atoms with E-state index in [1.54, 1.807) is 21.9 Å². The molecule has 0 aliphatic carbocycles. The van der Waals surface area contributed by atoms with Gasteiger partial charge in [-0.25, -0.2) is 13.2 Å². The number of esters is 2. The van der Waals surface area contributed by atoms with Gasteiger partial charge in [0.15, 0.2) is 0 Å². The molecule has 3 amide bonds. The molecule has 7 aromatic carbocycles. The Balaban J connectivity index is 0.000000307. The molecule has 0 spiro atoms. The molecule has 20 nitrogen and oxygen atoms in total. The van der Waals surface area contributed by atoms with Crippen molar-refractivity contribution in [2.24, 2.45) is 4.52 Å². The van der Waals surface area contributed by atoms with Crippen LogP contribution < -0.4 is 14.8 Å². The van der Waals surface area contributed by atoms with Gasteiger partial charge in [0.1, 0.15) is 24.7 Å². The zero-order valence-corrected chi connectivity index (χ0v) is 60.0. The molecule has 2 aliphatic heterocycles. The zero-order valence-electron chi connectivity index (χ0n) is 53.0. The van der Waals surface area contributed by atoms with Crippen molar-refractivity contribution < 1.29 is 87.2 Å². The predicted octanol–water partition coefficient (Wildman–Crippen LogP) is 13.2. The Morgan fingerprint density at radius 2 is 1.16 bits per heavy atom. The molecule has 0 aromatic heterocycles. The molecule has 0 saturated carbocycles. The first kappa shape index (κ1) is 75.6. The molecule has 2 radical (unpaired) electrons. The maximum atomic E-state index is 13.7. The van der Waals surface area contributed by atoms with Gasteiger partial charge in [0.2, 0.25) is 5.91 Å². The van der Waals surface area contributed by atoms with Crippen LogP contribution in [0.25, 0.3) is 16.0 Å². The molecule has 2 heterocycles. The van der Waals surface area contributed by atoms with Gasteiger partial charge in [-0.3, -0.25) is 19.2 Å². The van der Waals surface area contributed by atoms with E-state index in [2.05, 4.69) is 44.8 Å². The van der Waals surface area contributed by atoms with E-state index in [9.17, 15) is 37.9 Å². The van der Waals surface area contributed by atoms with Gasteiger partial charge in [-0.2, -0.15) is 10.1 Å². The summed E-state index contributed by atoms with van der Waals surface area (Å²) in [7, 11) is 2.25. The number of fused-ring (bicyclic) bond motifs is 2. The number of carbonyl (C=O) groups excluding carboxylic acids is 5. The topological polar surface area (TPSA) is 284 Å². The number of aryl methyl sites for hydroxylation is 4. The largest absolute Gasteiger partial charge is 0.489 e. The first-order valence-corrected chi connectivity index (χ1v) is 30.9. The number of nitrogens with one attached hydrogen (secondary N) is 1. The second-order valence-corrected chi connectivity index (χ2v) is 23.8. The minimum absolute atomic E-state index is 0. The predicted molar refractivity (Wildman–Crippen MR) is 354 cm³/mol. The summed E-state index contributed by atoms with van der Waals surface area (Å²) in [6, 6.07) is 38.1. The number of azide groups is 1. The third kappa shape index (κ3) is 20.4. The van der Waals surface area contributed by atoms with Gasteiger partial charge in [-0.15, -0.1) is 0 Å². The van der Waals surface area contributed by atoms with E-state index in [1.807, 2.05) is 100 Å². The number of halogens is 4. The Morgan fingerprint density at radius 1 is 0.710 bits per heavy atom. The van der Waals surface area contributed by atoms with E-state index >= 15 is 0 Å². The van der Waals surface area contributed by atoms with Crippen molar-refractivity contribution >= 4 is 106 Å². The first-order chi connectivity index (χ1) is 44.4. The number of sulfonamides is 1. The van der Waals surface area contributed by atoms with E-state index < -0.39 is 27.7 Å². The van der Waals surface area contributed by atoms with Gasteiger partial charge in [-0.05, 0) is 146 Å². The monoisotopic (exact) mass is 1580 g/mol. The van der Waals surface area contributed by atoms with Crippen LogP contribution in [0.5, 0.6) is 11.5 Å². The molecule has 7 aromatic rings. The smallest absolute Gasteiger partial charge is 0.422 e. The van der Waals surface area contributed by atoms with Gasteiger partial charge in [0.05, 0.1) is 58.3 Å². The molecular weight excluding hydrogens is 1520 g/mol. The van der Waals surface area contributed by atoms with Crippen LogP contribution in [0.3, 0.4) is 0 Å². The quantitative estimate of drug-likeness (QED) is 0.0222. The van der Waals surface area contributed by atoms with E-state index in [0.29, 0.717) is 90.9 Å². The van der Waals surface area contributed by atoms with E-state index in [0.717, 1.165) is 57.4 Å². The Kier molecular flexibility index (Phi) is 29.6. The van der Waals surface area contributed by atoms with E-state index in [4.69, 9.17) is 72.7 Å². The number of hydrogen-bond acceptors (Lipinski definition) is 12. The number of anilines is 1. The van der Waals surface area contributed by atoms with E-state index in [1.165, 1.54) is 51.3 Å². The van der Waals surface area contributed by atoms with Crippen LogP contribution >= 0.6 is 46.4 Å². The maximum absolute atomic E-state index is 13.7. The Hall–Kier alpha value is -8.10. The number of hydrogen-bond donors (Lipinski definition) is 1. The summed E-state index contributed by atoms with van der Waals surface area (Å²) in [5.41, 5.74) is 28.0. The number of amides is 3. The third-order valence-corrected chi connectivity index (χ3v) is 16.9. The molecular formula is C66H64BCl4N9O11SU. The minimum Gasteiger partial charge on any atom is -0.489 e. The van der Waals surface area contributed by atoms with Crippen LogP contribution in [0, 0.1) is 70.1 Å². The molecule has 1 N–H and O–H groups in total. The van der Waals surface area contributed by atoms with Gasteiger partial charge >= 0.3 is 17.7 Å². The molecule has 2 aliphatic rings. The molecule has 9 rings (SSSR count). The third-order valence-electron chi connectivity index (χ3n) is 14.2. The van der Waals surface area contributed by atoms with Gasteiger partial charge in [0, 0.05) is 116 Å². The van der Waals surface area contributed by atoms with Crippen LogP contribution in [0.1, 0.15) is 101 Å². The second-order valence-electron chi connectivity index (χ2n) is 20.6. The molecule has 0 unspecified atom stereocenters. The zero-order chi connectivity index (χ0) is 68.7. The molecule has 0 saturated heterocycles. The summed E-state index contributed by atoms with van der Waals surface area (Å²) in [6.45, 7) is 13.2.